The minimum absolute atomic E-state index is 0. The van der Waals surface area contributed by atoms with E-state index in [9.17, 15) is 4.79 Å². The van der Waals surface area contributed by atoms with Crippen LogP contribution in [0, 0.1) is 26.7 Å². The Morgan fingerprint density at radius 1 is 1.15 bits per heavy atom. The van der Waals surface area contributed by atoms with Crippen molar-refractivity contribution >= 4 is 14.8 Å². The number of benzene rings is 1. The molecule has 0 radical (unpaired) electrons. The van der Waals surface area contributed by atoms with Crippen molar-refractivity contribution in [2.75, 3.05) is 14.2 Å². The molecular weight excluding hydrogens is 266 g/mol. The first-order chi connectivity index (χ1) is 8.76. The largest absolute Gasteiger partial charge is 1.00 e. The third-order valence-electron chi connectivity index (χ3n) is 2.26. The van der Waals surface area contributed by atoms with E-state index in [1.54, 1.807) is 14.2 Å². The topological polar surface area (TPSA) is 35.5 Å². The van der Waals surface area contributed by atoms with E-state index in [0.29, 0.717) is 23.0 Å². The Balaban J connectivity index is 0. The van der Waals surface area contributed by atoms with Gasteiger partial charge in [-0.3, -0.25) is 4.79 Å². The SMILES string of the molecule is COc1c(C)cc(C)c(OC)c1C(=O)P.[CH2-]C(C)C.[Li+]. The second kappa shape index (κ2) is 10.3. The molecule has 1 aromatic rings. The van der Waals surface area contributed by atoms with Crippen LogP contribution < -0.4 is 28.3 Å². The molecule has 1 rings (SSSR count). The summed E-state index contributed by atoms with van der Waals surface area (Å²) in [5, 5.41) is 0. The van der Waals surface area contributed by atoms with Crippen LogP contribution in [0.5, 0.6) is 11.5 Å². The molecule has 0 spiro atoms. The van der Waals surface area contributed by atoms with Gasteiger partial charge in [0.05, 0.1) is 14.2 Å². The zero-order valence-electron chi connectivity index (χ0n) is 13.7. The van der Waals surface area contributed by atoms with Crippen LogP contribution in [0.2, 0.25) is 0 Å². The van der Waals surface area contributed by atoms with Gasteiger partial charge in [-0.2, -0.15) is 5.92 Å². The van der Waals surface area contributed by atoms with Crippen molar-refractivity contribution in [3.63, 3.8) is 0 Å². The van der Waals surface area contributed by atoms with E-state index in [1.165, 1.54) is 0 Å². The van der Waals surface area contributed by atoms with Gasteiger partial charge < -0.3 is 16.4 Å². The Kier molecular flexibility index (Phi) is 11.2. The van der Waals surface area contributed by atoms with Crippen LogP contribution >= 0.6 is 9.24 Å². The van der Waals surface area contributed by atoms with Crippen molar-refractivity contribution in [2.24, 2.45) is 5.92 Å². The quantitative estimate of drug-likeness (QED) is 0.470. The zero-order chi connectivity index (χ0) is 15.2. The maximum Gasteiger partial charge on any atom is 1.00 e. The predicted molar refractivity (Wildman–Crippen MR) is 83.3 cm³/mol. The van der Waals surface area contributed by atoms with Gasteiger partial charge in [-0.1, -0.05) is 23.1 Å². The fraction of sp³-hybridized carbons (Fsp3) is 0.467. The Morgan fingerprint density at radius 3 is 1.65 bits per heavy atom. The van der Waals surface area contributed by atoms with Gasteiger partial charge in [0.15, 0.2) is 5.52 Å². The maximum absolute atomic E-state index is 11.5. The summed E-state index contributed by atoms with van der Waals surface area (Å²) in [6.45, 7) is 11.6. The standard InChI is InChI=1S/C11H15O3P.C4H9.Li/c1-6-5-7(2)10(14-4)8(11(12)15)9(6)13-3;1-4(2)3;/h5H,15H2,1-4H3;4H,1H2,2-3H3;/q;-1;+1. The fourth-order valence-electron chi connectivity index (χ4n) is 1.70. The molecule has 0 N–H and O–H groups in total. The van der Waals surface area contributed by atoms with Gasteiger partial charge in [-0.15, -0.1) is 0 Å². The Hall–Kier alpha value is -0.483. The van der Waals surface area contributed by atoms with Gasteiger partial charge in [0.25, 0.3) is 0 Å². The van der Waals surface area contributed by atoms with Gasteiger partial charge in [-0.25, -0.2) is 0 Å². The van der Waals surface area contributed by atoms with E-state index in [-0.39, 0.29) is 24.4 Å². The molecule has 0 aliphatic rings. The van der Waals surface area contributed by atoms with Crippen LogP contribution in [0.1, 0.15) is 35.3 Å². The first-order valence-electron chi connectivity index (χ1n) is 6.11. The first-order valence-corrected chi connectivity index (χ1v) is 6.69. The molecule has 108 valence electrons. The Labute approximate surface area is 137 Å². The number of hydrogen-bond donors (Lipinski definition) is 0. The minimum Gasteiger partial charge on any atom is -0.496 e. The smallest absolute Gasteiger partial charge is 0.496 e. The van der Waals surface area contributed by atoms with Crippen molar-refractivity contribution in [1.82, 2.24) is 0 Å². The Morgan fingerprint density at radius 2 is 1.45 bits per heavy atom. The van der Waals surface area contributed by atoms with Gasteiger partial charge in [-0.05, 0) is 31.0 Å². The average molecular weight is 290 g/mol. The van der Waals surface area contributed by atoms with Crippen LogP contribution in [0.25, 0.3) is 0 Å². The summed E-state index contributed by atoms with van der Waals surface area (Å²) in [7, 11) is 5.24. The van der Waals surface area contributed by atoms with Crippen molar-refractivity contribution in [2.45, 2.75) is 27.7 Å². The average Bonchev–Trinajstić information content (AvgIpc) is 2.27. The van der Waals surface area contributed by atoms with Gasteiger partial charge in [0.2, 0.25) is 0 Å². The summed E-state index contributed by atoms with van der Waals surface area (Å²) in [4.78, 5) is 11.5. The molecule has 1 atom stereocenters. The van der Waals surface area contributed by atoms with Crippen LogP contribution in [-0.4, -0.2) is 19.7 Å². The van der Waals surface area contributed by atoms with E-state index < -0.39 is 0 Å². The number of aryl methyl sites for hydroxylation is 2. The molecule has 5 heteroatoms. The molecule has 0 bridgehead atoms. The molecule has 0 aliphatic heterocycles. The van der Waals surface area contributed by atoms with E-state index in [2.05, 4.69) is 30.0 Å². The summed E-state index contributed by atoms with van der Waals surface area (Å²) >= 11 is 0. The monoisotopic (exact) mass is 290 g/mol. The molecule has 0 fully saturated rings. The molecule has 0 aliphatic carbocycles. The number of carbonyl (C=O) groups is 1. The molecular formula is C15H24LiO3P. The van der Waals surface area contributed by atoms with E-state index in [4.69, 9.17) is 9.47 Å². The third kappa shape index (κ3) is 6.31. The van der Waals surface area contributed by atoms with Crippen molar-refractivity contribution in [3.8, 4) is 11.5 Å². The van der Waals surface area contributed by atoms with Gasteiger partial charge >= 0.3 is 18.9 Å². The number of methoxy groups -OCH3 is 2. The van der Waals surface area contributed by atoms with Gasteiger partial charge in [0, 0.05) is 0 Å². The molecule has 0 aromatic heterocycles. The Bertz CT molecular complexity index is 414. The number of ether oxygens (including phenoxy) is 2. The molecule has 1 aromatic carbocycles. The maximum atomic E-state index is 11.5. The van der Waals surface area contributed by atoms with E-state index in [0.717, 1.165) is 11.1 Å². The zero-order valence-corrected chi connectivity index (χ0v) is 14.8. The number of rotatable bonds is 3. The van der Waals surface area contributed by atoms with E-state index in [1.807, 2.05) is 19.9 Å². The minimum atomic E-state index is -0.129. The number of hydrogen-bond acceptors (Lipinski definition) is 3. The second-order valence-electron chi connectivity index (χ2n) is 4.71. The molecule has 0 heterocycles. The molecule has 0 saturated heterocycles. The second-order valence-corrected chi connectivity index (χ2v) is 5.23. The van der Waals surface area contributed by atoms with E-state index >= 15 is 0 Å². The molecule has 20 heavy (non-hydrogen) atoms. The fourth-order valence-corrected chi connectivity index (χ4v) is 1.97. The van der Waals surface area contributed by atoms with Crippen LogP contribution in [0.4, 0.5) is 0 Å². The van der Waals surface area contributed by atoms with Crippen molar-refractivity contribution in [3.05, 3.63) is 29.7 Å². The molecule has 1 unspecified atom stereocenters. The van der Waals surface area contributed by atoms with Crippen molar-refractivity contribution in [1.29, 1.82) is 0 Å². The number of carbonyl (C=O) groups excluding carboxylic acids is 1. The molecule has 3 nitrogen and oxygen atoms in total. The summed E-state index contributed by atoms with van der Waals surface area (Å²) in [5.74, 6) is 1.75. The predicted octanol–water partition coefficient (Wildman–Crippen LogP) is 0.816. The van der Waals surface area contributed by atoms with Crippen LogP contribution in [0.3, 0.4) is 0 Å². The van der Waals surface area contributed by atoms with Gasteiger partial charge in [0.1, 0.15) is 17.1 Å². The summed E-state index contributed by atoms with van der Waals surface area (Å²) in [6.07, 6.45) is 0. The normalized spacial score (nSPS) is 9.25. The molecule has 0 amide bonds. The van der Waals surface area contributed by atoms with Crippen molar-refractivity contribution < 1.29 is 33.1 Å². The summed E-state index contributed by atoms with van der Waals surface area (Å²) < 4.78 is 10.4. The van der Waals surface area contributed by atoms with Crippen LogP contribution in [-0.2, 0) is 0 Å². The summed E-state index contributed by atoms with van der Waals surface area (Å²) in [6, 6.07) is 1.94. The molecule has 0 saturated carbocycles. The van der Waals surface area contributed by atoms with Crippen LogP contribution in [0.15, 0.2) is 6.07 Å². The first kappa shape index (κ1) is 21.8. The third-order valence-corrected chi connectivity index (χ3v) is 2.55. The summed E-state index contributed by atoms with van der Waals surface area (Å²) in [5.41, 5.74) is 2.22.